The molecule has 0 aliphatic carbocycles. The normalized spacial score (nSPS) is 11.7. The van der Waals surface area contributed by atoms with Crippen molar-refractivity contribution in [3.63, 3.8) is 0 Å². The molecule has 0 aliphatic heterocycles. The van der Waals surface area contributed by atoms with Crippen LogP contribution in [0.3, 0.4) is 0 Å². The van der Waals surface area contributed by atoms with E-state index in [2.05, 4.69) is 20.9 Å². The second-order valence-corrected chi connectivity index (χ2v) is 5.03. The van der Waals surface area contributed by atoms with Crippen molar-refractivity contribution in [1.82, 2.24) is 0 Å². The van der Waals surface area contributed by atoms with Crippen LogP contribution in [0, 0.1) is 0 Å². The summed E-state index contributed by atoms with van der Waals surface area (Å²) >= 11 is 0. The van der Waals surface area contributed by atoms with Crippen molar-refractivity contribution in [3.05, 3.63) is 0 Å². The second-order valence-electron chi connectivity index (χ2n) is 5.03. The molecule has 1 N–H and O–H groups in total. The van der Waals surface area contributed by atoms with Gasteiger partial charge in [0.1, 0.15) is 0 Å². The molecule has 16 heavy (non-hydrogen) atoms. The van der Waals surface area contributed by atoms with E-state index in [1.54, 1.807) is 0 Å². The fourth-order valence-electron chi connectivity index (χ4n) is 2.08. The lowest BCUT2D eigenvalue weighted by molar-refractivity contribution is -0.903. The number of carboxylic acid groups (broad SMARTS) is 1. The first-order chi connectivity index (χ1) is 7.54. The average molecular weight is 230 g/mol. The van der Waals surface area contributed by atoms with Gasteiger partial charge in [0.2, 0.25) is 0 Å². The minimum absolute atomic E-state index is 0.271. The number of carbonyl (C=O) groups is 1. The van der Waals surface area contributed by atoms with Gasteiger partial charge in [0.05, 0.1) is 20.1 Å². The predicted octanol–water partition coefficient (Wildman–Crippen LogP) is 2.90. The molecule has 3 nitrogen and oxygen atoms in total. The van der Waals surface area contributed by atoms with E-state index in [1.807, 2.05) is 0 Å². The maximum Gasteiger partial charge on any atom is 0.359 e. The maximum atomic E-state index is 10.9. The first-order valence-corrected chi connectivity index (χ1v) is 6.59. The first kappa shape index (κ1) is 15.4. The summed E-state index contributed by atoms with van der Waals surface area (Å²) in [4.78, 5) is 10.9. The van der Waals surface area contributed by atoms with Crippen LogP contribution in [0.2, 0.25) is 0 Å². The third-order valence-electron chi connectivity index (χ3n) is 3.12. The lowest BCUT2D eigenvalue weighted by Gasteiger charge is -2.33. The van der Waals surface area contributed by atoms with Crippen LogP contribution in [0.15, 0.2) is 0 Å². The van der Waals surface area contributed by atoms with Crippen molar-refractivity contribution >= 4 is 5.97 Å². The Morgan fingerprint density at radius 3 is 1.75 bits per heavy atom. The molecule has 0 aliphatic rings. The zero-order valence-electron chi connectivity index (χ0n) is 11.2. The summed E-state index contributed by atoms with van der Waals surface area (Å²) in [6.45, 7) is 6.64. The van der Waals surface area contributed by atoms with E-state index in [9.17, 15) is 4.79 Å². The number of carboxylic acids is 1. The minimum atomic E-state index is -0.671. The summed E-state index contributed by atoms with van der Waals surface area (Å²) in [6.07, 6.45) is 7.10. The zero-order valence-corrected chi connectivity index (χ0v) is 11.2. The molecule has 96 valence electrons. The highest BCUT2D eigenvalue weighted by Crippen LogP contribution is 2.10. The van der Waals surface area contributed by atoms with E-state index in [4.69, 9.17) is 5.11 Å². The molecule has 3 heteroatoms. The summed E-state index contributed by atoms with van der Waals surface area (Å²) in [5.74, 6) is -0.671. The monoisotopic (exact) mass is 230 g/mol. The summed E-state index contributed by atoms with van der Waals surface area (Å²) in [7, 11) is 2.08. The zero-order chi connectivity index (χ0) is 12.4. The molecule has 0 bridgehead atoms. The van der Waals surface area contributed by atoms with Crippen LogP contribution in [0.5, 0.6) is 0 Å². The van der Waals surface area contributed by atoms with Crippen molar-refractivity contribution in [2.45, 2.75) is 52.4 Å². The molecule has 0 spiro atoms. The molecule has 0 rings (SSSR count). The quantitative estimate of drug-likeness (QED) is 0.463. The molecule has 0 unspecified atom stereocenters. The van der Waals surface area contributed by atoms with E-state index >= 15 is 0 Å². The number of rotatable bonds is 10. The van der Waals surface area contributed by atoms with Crippen molar-refractivity contribution in [3.8, 4) is 0 Å². The summed E-state index contributed by atoms with van der Waals surface area (Å²) in [6, 6.07) is 0. The molecular weight excluding hydrogens is 202 g/mol. The number of quaternary nitrogens is 1. The van der Waals surface area contributed by atoms with Crippen molar-refractivity contribution in [1.29, 1.82) is 0 Å². The smallest absolute Gasteiger partial charge is 0.359 e. The van der Waals surface area contributed by atoms with E-state index in [0.29, 0.717) is 4.48 Å². The lowest BCUT2D eigenvalue weighted by Crippen LogP contribution is -2.49. The van der Waals surface area contributed by atoms with Crippen LogP contribution in [-0.4, -0.2) is 42.2 Å². The average Bonchev–Trinajstić information content (AvgIpc) is 2.17. The number of unbranched alkanes of at least 4 members (excludes halogenated alkanes) is 4. The highest BCUT2D eigenvalue weighted by Gasteiger charge is 2.23. The Bertz CT molecular complexity index is 182. The van der Waals surface area contributed by atoms with Crippen LogP contribution in [0.25, 0.3) is 0 Å². The number of likely N-dealkylation sites (N-methyl/N-ethyl adjacent to an activating group) is 1. The molecule has 0 amide bonds. The van der Waals surface area contributed by atoms with Crippen molar-refractivity contribution < 1.29 is 14.4 Å². The molecule has 0 saturated carbocycles. The van der Waals surface area contributed by atoms with E-state index in [-0.39, 0.29) is 6.54 Å². The molecular formula is C13H28NO2+. The van der Waals surface area contributed by atoms with Gasteiger partial charge in [-0.25, -0.2) is 4.79 Å². The van der Waals surface area contributed by atoms with Crippen molar-refractivity contribution in [2.24, 2.45) is 0 Å². The van der Waals surface area contributed by atoms with Gasteiger partial charge in [0.25, 0.3) is 0 Å². The number of hydrogen-bond donors (Lipinski definition) is 1. The highest BCUT2D eigenvalue weighted by atomic mass is 16.4. The molecule has 0 heterocycles. The molecule has 0 atom stereocenters. The van der Waals surface area contributed by atoms with Gasteiger partial charge >= 0.3 is 5.97 Å². The fourth-order valence-corrected chi connectivity index (χ4v) is 2.08. The van der Waals surface area contributed by atoms with Crippen LogP contribution in [0.4, 0.5) is 0 Å². The van der Waals surface area contributed by atoms with E-state index in [1.165, 1.54) is 25.7 Å². The summed E-state index contributed by atoms with van der Waals surface area (Å²) in [5, 5.41) is 8.95. The van der Waals surface area contributed by atoms with Crippen molar-refractivity contribution in [2.75, 3.05) is 26.7 Å². The third kappa shape index (κ3) is 7.69. The van der Waals surface area contributed by atoms with Gasteiger partial charge in [-0.3, -0.25) is 0 Å². The summed E-state index contributed by atoms with van der Waals surface area (Å²) < 4.78 is 0.704. The SMILES string of the molecule is CCCCC[N+](C)(CCCCC)CC(=O)O. The maximum absolute atomic E-state index is 10.9. The molecule has 0 aromatic heterocycles. The molecule has 0 fully saturated rings. The Morgan fingerprint density at radius 2 is 1.44 bits per heavy atom. The minimum Gasteiger partial charge on any atom is -0.477 e. The van der Waals surface area contributed by atoms with Gasteiger partial charge in [0, 0.05) is 0 Å². The van der Waals surface area contributed by atoms with E-state index in [0.717, 1.165) is 25.9 Å². The topological polar surface area (TPSA) is 37.3 Å². The van der Waals surface area contributed by atoms with Gasteiger partial charge in [-0.2, -0.15) is 0 Å². The molecule has 0 saturated heterocycles. The van der Waals surface area contributed by atoms with Gasteiger partial charge in [-0.1, -0.05) is 26.7 Å². The number of hydrogen-bond acceptors (Lipinski definition) is 1. The van der Waals surface area contributed by atoms with Gasteiger partial charge in [0.15, 0.2) is 6.54 Å². The lowest BCUT2D eigenvalue weighted by atomic mass is 10.2. The van der Waals surface area contributed by atoms with Crippen LogP contribution < -0.4 is 0 Å². The first-order valence-electron chi connectivity index (χ1n) is 6.59. The largest absolute Gasteiger partial charge is 0.477 e. The Morgan fingerprint density at radius 1 is 1.00 bits per heavy atom. The Kier molecular flexibility index (Phi) is 8.26. The van der Waals surface area contributed by atoms with Crippen LogP contribution in [0.1, 0.15) is 52.4 Å². The third-order valence-corrected chi connectivity index (χ3v) is 3.12. The Hall–Kier alpha value is -0.570. The Balaban J connectivity index is 4.07. The van der Waals surface area contributed by atoms with Crippen LogP contribution >= 0.6 is 0 Å². The fraction of sp³-hybridized carbons (Fsp3) is 0.923. The molecule has 0 radical (unpaired) electrons. The summed E-state index contributed by atoms with van der Waals surface area (Å²) in [5.41, 5.74) is 0. The van der Waals surface area contributed by atoms with E-state index < -0.39 is 5.97 Å². The van der Waals surface area contributed by atoms with Gasteiger partial charge < -0.3 is 9.59 Å². The highest BCUT2D eigenvalue weighted by molar-refractivity contribution is 5.67. The Labute approximate surface area is 100 Å². The van der Waals surface area contributed by atoms with Gasteiger partial charge in [-0.05, 0) is 25.7 Å². The number of aliphatic carboxylic acids is 1. The van der Waals surface area contributed by atoms with Crippen LogP contribution in [-0.2, 0) is 4.79 Å². The van der Waals surface area contributed by atoms with Gasteiger partial charge in [-0.15, -0.1) is 0 Å². The molecule has 0 aromatic rings. The number of nitrogens with zero attached hydrogens (tertiary/aromatic N) is 1. The standard InChI is InChI=1S/C13H27NO2/c1-4-6-8-10-14(3,12-13(15)16)11-9-7-5-2/h4-12H2,1-3H3/p+1. The molecule has 0 aromatic carbocycles. The predicted molar refractivity (Wildman–Crippen MR) is 67.5 cm³/mol. The second kappa shape index (κ2) is 8.57.